The number of nitrogens with zero attached hydrogens (tertiary/aromatic N) is 4. The molecular weight excluding hydrogens is 262 g/mol. The van der Waals surface area contributed by atoms with Crippen LogP contribution in [0.2, 0.25) is 0 Å². The molecule has 0 saturated heterocycles. The lowest BCUT2D eigenvalue weighted by Gasteiger charge is -2.08. The standard InChI is InChI=1S/C16H13N5/c17-9-13-3-1-2-4-14(13)10-19-15-5-6-16(20-11-15)21-8-7-18-12-21/h1-8,11-12,19H,10H2. The summed E-state index contributed by atoms with van der Waals surface area (Å²) in [6.45, 7) is 0.593. The number of nitriles is 1. The first-order valence-electron chi connectivity index (χ1n) is 6.53. The van der Waals surface area contributed by atoms with Gasteiger partial charge in [-0.3, -0.25) is 4.57 Å². The molecule has 3 aromatic rings. The van der Waals surface area contributed by atoms with E-state index in [1.54, 1.807) is 18.7 Å². The average Bonchev–Trinajstić information content (AvgIpc) is 3.08. The Morgan fingerprint density at radius 2 is 2.10 bits per heavy atom. The number of aromatic nitrogens is 3. The molecule has 0 saturated carbocycles. The van der Waals surface area contributed by atoms with Crippen LogP contribution in [0.25, 0.3) is 5.82 Å². The second-order valence-electron chi connectivity index (χ2n) is 4.50. The molecule has 0 fully saturated rings. The minimum absolute atomic E-state index is 0.593. The Morgan fingerprint density at radius 1 is 1.19 bits per heavy atom. The van der Waals surface area contributed by atoms with Gasteiger partial charge in [-0.05, 0) is 23.8 Å². The number of nitrogens with one attached hydrogen (secondary N) is 1. The van der Waals surface area contributed by atoms with Crippen LogP contribution in [0.15, 0.2) is 61.3 Å². The van der Waals surface area contributed by atoms with Crippen LogP contribution in [-0.4, -0.2) is 14.5 Å². The summed E-state index contributed by atoms with van der Waals surface area (Å²) in [6, 6.07) is 13.6. The van der Waals surface area contributed by atoms with E-state index in [2.05, 4.69) is 21.4 Å². The van der Waals surface area contributed by atoms with E-state index in [1.807, 2.05) is 47.2 Å². The van der Waals surface area contributed by atoms with Crippen LogP contribution >= 0.6 is 0 Å². The molecule has 0 radical (unpaired) electrons. The highest BCUT2D eigenvalue weighted by Gasteiger charge is 2.01. The van der Waals surface area contributed by atoms with Gasteiger partial charge in [-0.15, -0.1) is 0 Å². The van der Waals surface area contributed by atoms with Crippen molar-refractivity contribution in [1.82, 2.24) is 14.5 Å². The Labute approximate surface area is 122 Å². The van der Waals surface area contributed by atoms with Crippen molar-refractivity contribution in [1.29, 1.82) is 5.26 Å². The summed E-state index contributed by atoms with van der Waals surface area (Å²) >= 11 is 0. The molecule has 2 aromatic heterocycles. The molecule has 0 bridgehead atoms. The fraction of sp³-hybridized carbons (Fsp3) is 0.0625. The van der Waals surface area contributed by atoms with Gasteiger partial charge in [0.05, 0.1) is 23.5 Å². The summed E-state index contributed by atoms with van der Waals surface area (Å²) < 4.78 is 1.84. The molecule has 3 rings (SSSR count). The first kappa shape index (κ1) is 12.9. The maximum Gasteiger partial charge on any atom is 0.137 e. The number of hydrogen-bond donors (Lipinski definition) is 1. The molecule has 1 N–H and O–H groups in total. The topological polar surface area (TPSA) is 66.5 Å². The lowest BCUT2D eigenvalue weighted by atomic mass is 10.1. The fourth-order valence-corrected chi connectivity index (χ4v) is 2.02. The number of rotatable bonds is 4. The van der Waals surface area contributed by atoms with Gasteiger partial charge in [-0.25, -0.2) is 9.97 Å². The molecule has 2 heterocycles. The van der Waals surface area contributed by atoms with Gasteiger partial charge in [0.25, 0.3) is 0 Å². The van der Waals surface area contributed by atoms with Gasteiger partial charge in [0.15, 0.2) is 0 Å². The average molecular weight is 275 g/mol. The van der Waals surface area contributed by atoms with E-state index < -0.39 is 0 Å². The van der Waals surface area contributed by atoms with E-state index in [4.69, 9.17) is 5.26 Å². The van der Waals surface area contributed by atoms with Gasteiger partial charge in [0.1, 0.15) is 12.1 Å². The molecule has 0 aliphatic heterocycles. The van der Waals surface area contributed by atoms with Crippen LogP contribution in [0.4, 0.5) is 5.69 Å². The predicted octanol–water partition coefficient (Wildman–Crippen LogP) is 2.75. The molecule has 0 aliphatic carbocycles. The smallest absolute Gasteiger partial charge is 0.137 e. The van der Waals surface area contributed by atoms with Crippen molar-refractivity contribution in [2.75, 3.05) is 5.32 Å². The van der Waals surface area contributed by atoms with Gasteiger partial charge >= 0.3 is 0 Å². The number of anilines is 1. The van der Waals surface area contributed by atoms with Gasteiger partial charge < -0.3 is 5.32 Å². The Kier molecular flexibility index (Phi) is 3.61. The van der Waals surface area contributed by atoms with Crippen molar-refractivity contribution in [3.63, 3.8) is 0 Å². The zero-order valence-corrected chi connectivity index (χ0v) is 11.3. The van der Waals surface area contributed by atoms with Crippen LogP contribution in [0, 0.1) is 11.3 Å². The molecule has 5 heteroatoms. The Balaban J connectivity index is 1.70. The molecule has 5 nitrogen and oxygen atoms in total. The van der Waals surface area contributed by atoms with Crippen LogP contribution in [0.5, 0.6) is 0 Å². The van der Waals surface area contributed by atoms with Crippen LogP contribution in [0.1, 0.15) is 11.1 Å². The van der Waals surface area contributed by atoms with Crippen molar-refractivity contribution >= 4 is 5.69 Å². The van der Waals surface area contributed by atoms with E-state index in [1.165, 1.54) is 0 Å². The summed E-state index contributed by atoms with van der Waals surface area (Å²) in [5.41, 5.74) is 2.57. The highest BCUT2D eigenvalue weighted by Crippen LogP contribution is 2.13. The fourth-order valence-electron chi connectivity index (χ4n) is 2.02. The van der Waals surface area contributed by atoms with Crippen molar-refractivity contribution in [2.24, 2.45) is 0 Å². The normalized spacial score (nSPS) is 10.0. The highest BCUT2D eigenvalue weighted by molar-refractivity contribution is 5.46. The van der Waals surface area contributed by atoms with Crippen molar-refractivity contribution in [3.8, 4) is 11.9 Å². The summed E-state index contributed by atoms with van der Waals surface area (Å²) in [5, 5.41) is 12.3. The van der Waals surface area contributed by atoms with Crippen LogP contribution < -0.4 is 5.32 Å². The lowest BCUT2D eigenvalue weighted by Crippen LogP contribution is -2.02. The molecule has 0 spiro atoms. The van der Waals surface area contributed by atoms with Crippen LogP contribution in [-0.2, 0) is 6.54 Å². The van der Waals surface area contributed by atoms with E-state index in [0.29, 0.717) is 12.1 Å². The largest absolute Gasteiger partial charge is 0.380 e. The lowest BCUT2D eigenvalue weighted by molar-refractivity contribution is 0.990. The highest BCUT2D eigenvalue weighted by atomic mass is 15.1. The monoisotopic (exact) mass is 275 g/mol. The second kappa shape index (κ2) is 5.88. The minimum atomic E-state index is 0.593. The number of imidazole rings is 1. The summed E-state index contributed by atoms with van der Waals surface area (Å²) in [4.78, 5) is 8.36. The van der Waals surface area contributed by atoms with E-state index in [0.717, 1.165) is 17.1 Å². The Hall–Kier alpha value is -3.13. The van der Waals surface area contributed by atoms with E-state index in [-0.39, 0.29) is 0 Å². The third-order valence-electron chi connectivity index (χ3n) is 3.14. The van der Waals surface area contributed by atoms with Gasteiger partial charge in [0, 0.05) is 18.9 Å². The number of pyridine rings is 1. The molecular formula is C16H13N5. The minimum Gasteiger partial charge on any atom is -0.380 e. The Morgan fingerprint density at radius 3 is 2.81 bits per heavy atom. The summed E-state index contributed by atoms with van der Waals surface area (Å²) in [6.07, 6.45) is 7.04. The van der Waals surface area contributed by atoms with Gasteiger partial charge in [0.2, 0.25) is 0 Å². The predicted molar refractivity (Wildman–Crippen MR) is 79.8 cm³/mol. The number of benzene rings is 1. The van der Waals surface area contributed by atoms with Crippen molar-refractivity contribution < 1.29 is 0 Å². The molecule has 0 aliphatic rings. The third-order valence-corrected chi connectivity index (χ3v) is 3.14. The number of hydrogen-bond acceptors (Lipinski definition) is 4. The summed E-state index contributed by atoms with van der Waals surface area (Å²) in [5.74, 6) is 0.815. The first-order chi connectivity index (χ1) is 10.4. The van der Waals surface area contributed by atoms with Crippen LogP contribution in [0.3, 0.4) is 0 Å². The van der Waals surface area contributed by atoms with E-state index >= 15 is 0 Å². The molecule has 1 aromatic carbocycles. The van der Waals surface area contributed by atoms with Crippen molar-refractivity contribution in [2.45, 2.75) is 6.54 Å². The molecule has 0 unspecified atom stereocenters. The maximum absolute atomic E-state index is 9.06. The molecule has 0 atom stereocenters. The quantitative estimate of drug-likeness (QED) is 0.795. The zero-order valence-electron chi connectivity index (χ0n) is 11.3. The zero-order chi connectivity index (χ0) is 14.5. The molecule has 102 valence electrons. The maximum atomic E-state index is 9.06. The Bertz CT molecular complexity index is 754. The first-order valence-corrected chi connectivity index (χ1v) is 6.53. The molecule has 0 amide bonds. The van der Waals surface area contributed by atoms with Crippen molar-refractivity contribution in [3.05, 3.63) is 72.4 Å². The second-order valence-corrected chi connectivity index (χ2v) is 4.50. The van der Waals surface area contributed by atoms with E-state index in [9.17, 15) is 0 Å². The third kappa shape index (κ3) is 2.90. The van der Waals surface area contributed by atoms with Gasteiger partial charge in [-0.2, -0.15) is 5.26 Å². The summed E-state index contributed by atoms with van der Waals surface area (Å²) in [7, 11) is 0. The molecule has 21 heavy (non-hydrogen) atoms. The SMILES string of the molecule is N#Cc1ccccc1CNc1ccc(-n2ccnc2)nc1. The van der Waals surface area contributed by atoms with Gasteiger partial charge in [-0.1, -0.05) is 18.2 Å².